The molecule has 0 radical (unpaired) electrons. The zero-order valence-corrected chi connectivity index (χ0v) is 8.69. The minimum atomic E-state index is 0.611. The van der Waals surface area contributed by atoms with E-state index in [-0.39, 0.29) is 0 Å². The molecule has 1 aromatic heterocycles. The molecule has 0 unspecified atom stereocenters. The Hall–Kier alpha value is -1.03. The Labute approximate surface area is 84.7 Å². The molecule has 1 aromatic rings. The molecular weight excluding hydrogens is 176 g/mol. The molecule has 14 heavy (non-hydrogen) atoms. The van der Waals surface area contributed by atoms with Crippen molar-refractivity contribution < 1.29 is 0 Å². The molecule has 0 spiro atoms. The van der Waals surface area contributed by atoms with E-state index in [2.05, 4.69) is 16.9 Å². The van der Waals surface area contributed by atoms with Gasteiger partial charge in [-0.25, -0.2) is 0 Å². The predicted molar refractivity (Wildman–Crippen MR) is 56.9 cm³/mol. The highest BCUT2D eigenvalue weighted by atomic mass is 15.3. The summed E-state index contributed by atoms with van der Waals surface area (Å²) in [6.07, 6.45) is 4.68. The molecule has 0 bridgehead atoms. The lowest BCUT2D eigenvalue weighted by atomic mass is 10.4. The van der Waals surface area contributed by atoms with E-state index in [9.17, 15) is 0 Å². The molecule has 0 saturated heterocycles. The number of hydrogen-bond acceptors (Lipinski definition) is 3. The summed E-state index contributed by atoms with van der Waals surface area (Å²) >= 11 is 0. The lowest BCUT2D eigenvalue weighted by Gasteiger charge is -2.19. The Morgan fingerprint density at radius 2 is 2.43 bits per heavy atom. The van der Waals surface area contributed by atoms with E-state index in [0.717, 1.165) is 25.7 Å². The van der Waals surface area contributed by atoms with Crippen LogP contribution in [0.1, 0.15) is 19.8 Å². The van der Waals surface area contributed by atoms with Gasteiger partial charge in [0.05, 0.1) is 6.54 Å². The minimum absolute atomic E-state index is 0.611. The maximum absolute atomic E-state index is 5.54. The molecular formula is C10H18N4. The summed E-state index contributed by atoms with van der Waals surface area (Å²) in [5, 5.41) is 4.16. The average Bonchev–Trinajstić information content (AvgIpc) is 2.92. The summed E-state index contributed by atoms with van der Waals surface area (Å²) in [7, 11) is 0. The van der Waals surface area contributed by atoms with Gasteiger partial charge in [0, 0.05) is 18.8 Å². The number of nitrogens with two attached hydrogens (primary N) is 1. The Morgan fingerprint density at radius 1 is 1.64 bits per heavy atom. The molecule has 1 heterocycles. The Balaban J connectivity index is 1.80. The van der Waals surface area contributed by atoms with E-state index in [1.807, 2.05) is 16.9 Å². The quantitative estimate of drug-likeness (QED) is 0.759. The second-order valence-corrected chi connectivity index (χ2v) is 3.86. The lowest BCUT2D eigenvalue weighted by molar-refractivity contribution is 0.262. The zero-order valence-electron chi connectivity index (χ0n) is 8.69. The SMILES string of the molecule is CCN(CCn1ccc(N)n1)C1CC1. The topological polar surface area (TPSA) is 47.1 Å². The number of likely N-dealkylation sites (N-methyl/N-ethyl adjacent to an activating group) is 1. The molecule has 1 aliphatic rings. The van der Waals surface area contributed by atoms with Crippen molar-refractivity contribution in [3.05, 3.63) is 12.3 Å². The molecule has 4 nitrogen and oxygen atoms in total. The van der Waals surface area contributed by atoms with E-state index in [1.54, 1.807) is 0 Å². The monoisotopic (exact) mass is 194 g/mol. The van der Waals surface area contributed by atoms with Gasteiger partial charge in [0.1, 0.15) is 5.82 Å². The summed E-state index contributed by atoms with van der Waals surface area (Å²) in [6.45, 7) is 5.39. The molecule has 78 valence electrons. The summed E-state index contributed by atoms with van der Waals surface area (Å²) in [4.78, 5) is 2.51. The standard InChI is InChI=1S/C10H18N4/c1-2-13(9-3-4-9)7-8-14-6-5-10(11)12-14/h5-6,9H,2-4,7-8H2,1H3,(H2,11,12). The van der Waals surface area contributed by atoms with E-state index < -0.39 is 0 Å². The highest BCUT2D eigenvalue weighted by Gasteiger charge is 2.27. The first-order valence-corrected chi connectivity index (χ1v) is 5.32. The third kappa shape index (κ3) is 2.26. The number of hydrogen-bond donors (Lipinski definition) is 1. The van der Waals surface area contributed by atoms with Crippen molar-refractivity contribution in [1.29, 1.82) is 0 Å². The molecule has 0 amide bonds. The predicted octanol–water partition coefficient (Wildman–Crippen LogP) is 0.950. The van der Waals surface area contributed by atoms with Crippen molar-refractivity contribution >= 4 is 5.82 Å². The molecule has 0 aromatic carbocycles. The normalized spacial score (nSPS) is 16.4. The smallest absolute Gasteiger partial charge is 0.145 e. The molecule has 2 rings (SSSR count). The Bertz CT molecular complexity index is 290. The van der Waals surface area contributed by atoms with Gasteiger partial charge in [0.15, 0.2) is 0 Å². The van der Waals surface area contributed by atoms with Gasteiger partial charge in [-0.15, -0.1) is 0 Å². The summed E-state index contributed by atoms with van der Waals surface area (Å²) < 4.78 is 1.92. The van der Waals surface area contributed by atoms with Crippen molar-refractivity contribution in [3.63, 3.8) is 0 Å². The number of nitrogen functional groups attached to an aromatic ring is 1. The van der Waals surface area contributed by atoms with Gasteiger partial charge < -0.3 is 5.73 Å². The summed E-state index contributed by atoms with van der Waals surface area (Å²) in [5.41, 5.74) is 5.54. The van der Waals surface area contributed by atoms with E-state index in [4.69, 9.17) is 5.73 Å². The third-order valence-electron chi connectivity index (χ3n) is 2.75. The van der Waals surface area contributed by atoms with Gasteiger partial charge >= 0.3 is 0 Å². The van der Waals surface area contributed by atoms with Crippen LogP contribution >= 0.6 is 0 Å². The minimum Gasteiger partial charge on any atom is -0.382 e. The zero-order chi connectivity index (χ0) is 9.97. The van der Waals surface area contributed by atoms with Crippen molar-refractivity contribution in [2.45, 2.75) is 32.4 Å². The van der Waals surface area contributed by atoms with Crippen LogP contribution in [-0.4, -0.2) is 33.8 Å². The fourth-order valence-electron chi connectivity index (χ4n) is 1.77. The maximum atomic E-state index is 5.54. The lowest BCUT2D eigenvalue weighted by Crippen LogP contribution is -2.29. The first kappa shape index (κ1) is 9.52. The van der Waals surface area contributed by atoms with Gasteiger partial charge in [-0.1, -0.05) is 6.92 Å². The molecule has 0 atom stereocenters. The van der Waals surface area contributed by atoms with Gasteiger partial charge in [-0.3, -0.25) is 9.58 Å². The van der Waals surface area contributed by atoms with Gasteiger partial charge in [-0.05, 0) is 25.5 Å². The van der Waals surface area contributed by atoms with Crippen LogP contribution in [0.3, 0.4) is 0 Å². The third-order valence-corrected chi connectivity index (χ3v) is 2.75. The van der Waals surface area contributed by atoms with Crippen LogP contribution in [0.2, 0.25) is 0 Å². The van der Waals surface area contributed by atoms with Crippen molar-refractivity contribution in [3.8, 4) is 0 Å². The highest BCUT2D eigenvalue weighted by molar-refractivity contribution is 5.23. The second kappa shape index (κ2) is 4.00. The number of aromatic nitrogens is 2. The molecule has 2 N–H and O–H groups in total. The largest absolute Gasteiger partial charge is 0.382 e. The molecule has 1 aliphatic carbocycles. The van der Waals surface area contributed by atoms with Crippen molar-refractivity contribution in [2.75, 3.05) is 18.8 Å². The highest BCUT2D eigenvalue weighted by Crippen LogP contribution is 2.26. The average molecular weight is 194 g/mol. The van der Waals surface area contributed by atoms with Crippen LogP contribution in [0.4, 0.5) is 5.82 Å². The van der Waals surface area contributed by atoms with Gasteiger partial charge in [0.2, 0.25) is 0 Å². The van der Waals surface area contributed by atoms with Crippen LogP contribution < -0.4 is 5.73 Å². The van der Waals surface area contributed by atoms with Crippen LogP contribution in [0.15, 0.2) is 12.3 Å². The second-order valence-electron chi connectivity index (χ2n) is 3.86. The summed E-state index contributed by atoms with van der Waals surface area (Å²) in [6, 6.07) is 2.68. The van der Waals surface area contributed by atoms with Crippen molar-refractivity contribution in [1.82, 2.24) is 14.7 Å². The van der Waals surface area contributed by atoms with E-state index in [1.165, 1.54) is 12.8 Å². The Morgan fingerprint density at radius 3 is 2.93 bits per heavy atom. The van der Waals surface area contributed by atoms with Crippen LogP contribution in [0.5, 0.6) is 0 Å². The van der Waals surface area contributed by atoms with E-state index >= 15 is 0 Å². The van der Waals surface area contributed by atoms with Crippen molar-refractivity contribution in [2.24, 2.45) is 0 Å². The molecule has 4 heteroatoms. The number of nitrogens with zero attached hydrogens (tertiary/aromatic N) is 3. The van der Waals surface area contributed by atoms with Crippen LogP contribution in [0, 0.1) is 0 Å². The maximum Gasteiger partial charge on any atom is 0.145 e. The fraction of sp³-hybridized carbons (Fsp3) is 0.700. The summed E-state index contributed by atoms with van der Waals surface area (Å²) in [5.74, 6) is 0.611. The first-order chi connectivity index (χ1) is 6.79. The van der Waals surface area contributed by atoms with Crippen LogP contribution in [0.25, 0.3) is 0 Å². The number of rotatable bonds is 5. The fourth-order valence-corrected chi connectivity index (χ4v) is 1.77. The molecule has 1 fully saturated rings. The number of anilines is 1. The van der Waals surface area contributed by atoms with Gasteiger partial charge in [-0.2, -0.15) is 5.10 Å². The van der Waals surface area contributed by atoms with Gasteiger partial charge in [0.25, 0.3) is 0 Å². The Kier molecular flexibility index (Phi) is 2.72. The first-order valence-electron chi connectivity index (χ1n) is 5.32. The van der Waals surface area contributed by atoms with E-state index in [0.29, 0.717) is 5.82 Å². The molecule has 0 aliphatic heterocycles. The molecule has 1 saturated carbocycles. The van der Waals surface area contributed by atoms with Crippen LogP contribution in [-0.2, 0) is 6.54 Å².